The molecule has 2 aromatic rings. The molecule has 0 unspecified atom stereocenters. The fraction of sp³-hybridized carbons (Fsp3) is 0. The van der Waals surface area contributed by atoms with Gasteiger partial charge in [-0.25, -0.2) is 0 Å². The maximum atomic E-state index is 11.8. The van der Waals surface area contributed by atoms with Crippen LogP contribution in [-0.2, 0) is 0 Å². The number of furan rings is 1. The zero-order valence-electron chi connectivity index (χ0n) is 9.44. The molecule has 2 amide bonds. The van der Waals surface area contributed by atoms with Crippen molar-refractivity contribution >= 4 is 35.0 Å². The summed E-state index contributed by atoms with van der Waals surface area (Å²) in [4.78, 5) is 23.3. The van der Waals surface area contributed by atoms with Crippen LogP contribution in [0.25, 0.3) is 0 Å². The summed E-state index contributed by atoms with van der Waals surface area (Å²) >= 11 is 11.6. The molecule has 0 aliphatic rings. The summed E-state index contributed by atoms with van der Waals surface area (Å²) < 4.78 is 4.87. The zero-order chi connectivity index (χ0) is 13.8. The van der Waals surface area contributed by atoms with Gasteiger partial charge in [-0.1, -0.05) is 23.2 Å². The lowest BCUT2D eigenvalue weighted by Crippen LogP contribution is -2.41. The van der Waals surface area contributed by atoms with Gasteiger partial charge in [0.25, 0.3) is 5.91 Å². The van der Waals surface area contributed by atoms with Crippen LogP contribution >= 0.6 is 23.2 Å². The number of hydrogen-bond donors (Lipinski definition) is 2. The second-order valence-electron chi connectivity index (χ2n) is 3.51. The quantitative estimate of drug-likeness (QED) is 0.837. The van der Waals surface area contributed by atoms with E-state index in [9.17, 15) is 9.59 Å². The van der Waals surface area contributed by atoms with E-state index in [-0.39, 0.29) is 16.3 Å². The van der Waals surface area contributed by atoms with Gasteiger partial charge in [0.15, 0.2) is 5.76 Å². The van der Waals surface area contributed by atoms with Crippen molar-refractivity contribution in [3.63, 3.8) is 0 Å². The molecule has 0 fully saturated rings. The molecule has 1 aromatic carbocycles. The number of amides is 2. The molecular weight excluding hydrogens is 291 g/mol. The molecule has 0 bridgehead atoms. The van der Waals surface area contributed by atoms with Crippen LogP contribution < -0.4 is 10.9 Å². The minimum Gasteiger partial charge on any atom is -0.459 e. The molecule has 0 aliphatic carbocycles. The summed E-state index contributed by atoms with van der Waals surface area (Å²) in [6, 6.07) is 7.45. The second kappa shape index (κ2) is 5.77. The minimum absolute atomic E-state index is 0.0857. The van der Waals surface area contributed by atoms with E-state index in [0.717, 1.165) is 0 Å². The lowest BCUT2D eigenvalue weighted by molar-refractivity contribution is 0.0831. The first-order valence-corrected chi connectivity index (χ1v) is 5.93. The fourth-order valence-electron chi connectivity index (χ4n) is 1.32. The highest BCUT2D eigenvalue weighted by molar-refractivity contribution is 6.36. The van der Waals surface area contributed by atoms with Crippen LogP contribution in [0.2, 0.25) is 10.0 Å². The number of hydrogen-bond acceptors (Lipinski definition) is 3. The molecule has 1 aromatic heterocycles. The summed E-state index contributed by atoms with van der Waals surface area (Å²) in [6.45, 7) is 0. The van der Waals surface area contributed by atoms with Crippen LogP contribution in [0.3, 0.4) is 0 Å². The highest BCUT2D eigenvalue weighted by Crippen LogP contribution is 2.20. The normalized spacial score (nSPS) is 10.0. The molecule has 2 N–H and O–H groups in total. The summed E-state index contributed by atoms with van der Waals surface area (Å²) in [7, 11) is 0. The number of carbonyl (C=O) groups is 2. The van der Waals surface area contributed by atoms with Crippen LogP contribution in [0, 0.1) is 0 Å². The number of rotatable bonds is 2. The molecule has 0 radical (unpaired) electrons. The topological polar surface area (TPSA) is 71.3 Å². The predicted octanol–water partition coefficient (Wildman–Crippen LogP) is 2.66. The number of hydrazine groups is 1. The average molecular weight is 299 g/mol. The van der Waals surface area contributed by atoms with Crippen molar-refractivity contribution in [3.05, 3.63) is 58.0 Å². The monoisotopic (exact) mass is 298 g/mol. The Hall–Kier alpha value is -1.98. The molecule has 98 valence electrons. The van der Waals surface area contributed by atoms with Gasteiger partial charge in [0, 0.05) is 5.02 Å². The van der Waals surface area contributed by atoms with Gasteiger partial charge in [-0.3, -0.25) is 20.4 Å². The van der Waals surface area contributed by atoms with E-state index in [2.05, 4.69) is 10.9 Å². The van der Waals surface area contributed by atoms with Crippen LogP contribution in [0.5, 0.6) is 0 Å². The Morgan fingerprint density at radius 1 is 1.05 bits per heavy atom. The first-order valence-electron chi connectivity index (χ1n) is 5.17. The van der Waals surface area contributed by atoms with Crippen molar-refractivity contribution < 1.29 is 14.0 Å². The van der Waals surface area contributed by atoms with Gasteiger partial charge >= 0.3 is 5.91 Å². The van der Waals surface area contributed by atoms with Crippen molar-refractivity contribution in [3.8, 4) is 0 Å². The molecule has 0 saturated heterocycles. The molecule has 0 saturated carbocycles. The van der Waals surface area contributed by atoms with Gasteiger partial charge in [0.2, 0.25) is 0 Å². The second-order valence-corrected chi connectivity index (χ2v) is 4.35. The maximum absolute atomic E-state index is 11.8. The van der Waals surface area contributed by atoms with Gasteiger partial charge in [0.05, 0.1) is 16.8 Å². The smallest absolute Gasteiger partial charge is 0.305 e. The predicted molar refractivity (Wildman–Crippen MR) is 70.1 cm³/mol. The van der Waals surface area contributed by atoms with Crippen molar-refractivity contribution in [2.45, 2.75) is 0 Å². The minimum atomic E-state index is -0.566. The maximum Gasteiger partial charge on any atom is 0.305 e. The van der Waals surface area contributed by atoms with E-state index in [1.807, 2.05) is 0 Å². The molecule has 2 rings (SSSR count). The summed E-state index contributed by atoms with van der Waals surface area (Å²) in [5.41, 5.74) is 4.62. The van der Waals surface area contributed by atoms with Crippen LogP contribution in [0.4, 0.5) is 0 Å². The first kappa shape index (κ1) is 13.5. The zero-order valence-corrected chi connectivity index (χ0v) is 11.0. The van der Waals surface area contributed by atoms with Crippen molar-refractivity contribution in [2.24, 2.45) is 0 Å². The number of halogens is 2. The largest absolute Gasteiger partial charge is 0.459 e. The Kier molecular flexibility index (Phi) is 4.09. The Bertz CT molecular complexity index is 611. The molecule has 1 heterocycles. The highest BCUT2D eigenvalue weighted by Gasteiger charge is 2.13. The third-order valence-corrected chi connectivity index (χ3v) is 2.76. The molecule has 0 aliphatic heterocycles. The lowest BCUT2D eigenvalue weighted by atomic mass is 10.2. The van der Waals surface area contributed by atoms with Gasteiger partial charge in [0.1, 0.15) is 0 Å². The first-order chi connectivity index (χ1) is 9.08. The Balaban J connectivity index is 2.00. The van der Waals surface area contributed by atoms with Crippen molar-refractivity contribution in [2.75, 3.05) is 0 Å². The Morgan fingerprint density at radius 3 is 2.42 bits per heavy atom. The number of nitrogens with one attached hydrogen (secondary N) is 2. The molecular formula is C12H8Cl2N2O3. The van der Waals surface area contributed by atoms with Crippen molar-refractivity contribution in [1.29, 1.82) is 0 Å². The van der Waals surface area contributed by atoms with E-state index in [4.69, 9.17) is 27.6 Å². The van der Waals surface area contributed by atoms with E-state index < -0.39 is 11.8 Å². The van der Waals surface area contributed by atoms with Gasteiger partial charge in [-0.2, -0.15) is 0 Å². The van der Waals surface area contributed by atoms with E-state index in [0.29, 0.717) is 5.02 Å². The molecule has 19 heavy (non-hydrogen) atoms. The highest BCUT2D eigenvalue weighted by atomic mass is 35.5. The third-order valence-electron chi connectivity index (χ3n) is 2.21. The molecule has 7 heteroatoms. The van der Waals surface area contributed by atoms with Gasteiger partial charge in [-0.05, 0) is 30.3 Å². The molecule has 5 nitrogen and oxygen atoms in total. The average Bonchev–Trinajstić information content (AvgIpc) is 2.89. The van der Waals surface area contributed by atoms with Gasteiger partial charge < -0.3 is 4.42 Å². The SMILES string of the molecule is O=C(NNC(=O)c1ccc(Cl)cc1Cl)c1ccco1. The Labute approximate surface area is 118 Å². The third kappa shape index (κ3) is 3.27. The van der Waals surface area contributed by atoms with Gasteiger partial charge in [-0.15, -0.1) is 0 Å². The van der Waals surface area contributed by atoms with Crippen molar-refractivity contribution in [1.82, 2.24) is 10.9 Å². The molecule has 0 spiro atoms. The fourth-order valence-corrected chi connectivity index (χ4v) is 1.82. The Morgan fingerprint density at radius 2 is 1.79 bits per heavy atom. The number of carbonyl (C=O) groups excluding carboxylic acids is 2. The van der Waals surface area contributed by atoms with E-state index >= 15 is 0 Å². The van der Waals surface area contributed by atoms with E-state index in [1.165, 1.54) is 30.5 Å². The van der Waals surface area contributed by atoms with Crippen LogP contribution in [0.1, 0.15) is 20.9 Å². The van der Waals surface area contributed by atoms with E-state index in [1.54, 1.807) is 6.07 Å². The lowest BCUT2D eigenvalue weighted by Gasteiger charge is -2.07. The summed E-state index contributed by atoms with van der Waals surface area (Å²) in [6.07, 6.45) is 1.35. The van der Waals surface area contributed by atoms with Crippen LogP contribution in [-0.4, -0.2) is 11.8 Å². The standard InChI is InChI=1S/C12H8Cl2N2O3/c13-7-3-4-8(9(14)6-7)11(17)15-16-12(18)10-2-1-5-19-10/h1-6H,(H,15,17)(H,16,18). The molecule has 0 atom stereocenters. The van der Waals surface area contributed by atoms with Crippen LogP contribution in [0.15, 0.2) is 41.0 Å². The summed E-state index contributed by atoms with van der Waals surface area (Å²) in [5.74, 6) is -1.03. The summed E-state index contributed by atoms with van der Waals surface area (Å²) in [5, 5.41) is 0.610. The number of benzene rings is 1.